The van der Waals surface area contributed by atoms with Gasteiger partial charge in [-0.05, 0) is 35.6 Å². The largest absolute Gasteiger partial charge is 0.345 e. The number of benzene rings is 1. The summed E-state index contributed by atoms with van der Waals surface area (Å²) in [5.74, 6) is -0.448. The van der Waals surface area contributed by atoms with E-state index in [1.807, 2.05) is 24.3 Å². The zero-order valence-electron chi connectivity index (χ0n) is 12.9. The first kappa shape index (κ1) is 16.2. The van der Waals surface area contributed by atoms with Crippen molar-refractivity contribution >= 4 is 48.9 Å². The summed E-state index contributed by atoms with van der Waals surface area (Å²) >= 11 is 2.23. The molecular formula is C16H9N5O3S2. The monoisotopic (exact) mass is 383 g/mol. The SMILES string of the molecule is O=C(Nc1ncc([N+](=O)[O-])s1)c1cccnc1-c1nc2ccccc2s1. The van der Waals surface area contributed by atoms with E-state index in [2.05, 4.69) is 20.3 Å². The Morgan fingerprint density at radius 1 is 1.12 bits per heavy atom. The van der Waals surface area contributed by atoms with Gasteiger partial charge in [0.2, 0.25) is 0 Å². The molecule has 0 saturated heterocycles. The number of nitrogens with one attached hydrogen (secondary N) is 1. The van der Waals surface area contributed by atoms with E-state index < -0.39 is 10.8 Å². The van der Waals surface area contributed by atoms with Crippen molar-refractivity contribution in [3.63, 3.8) is 0 Å². The second kappa shape index (κ2) is 6.58. The van der Waals surface area contributed by atoms with Crippen molar-refractivity contribution in [1.29, 1.82) is 0 Å². The molecule has 1 N–H and O–H groups in total. The highest BCUT2D eigenvalue weighted by atomic mass is 32.1. The summed E-state index contributed by atoms with van der Waals surface area (Å²) in [6.45, 7) is 0. The Morgan fingerprint density at radius 3 is 2.73 bits per heavy atom. The Labute approximate surface area is 154 Å². The standard InChI is InChI=1S/C16H9N5O3S2/c22-14(20-16-18-8-12(26-16)21(23)24)9-4-3-7-17-13(9)15-19-10-5-1-2-6-11(10)25-15/h1-8H,(H,18,20,22). The summed E-state index contributed by atoms with van der Waals surface area (Å²) in [6, 6.07) is 10.9. The second-order valence-corrected chi connectivity index (χ2v) is 7.14. The maximum atomic E-state index is 12.6. The maximum Gasteiger partial charge on any atom is 0.345 e. The lowest BCUT2D eigenvalue weighted by atomic mass is 10.2. The molecule has 4 rings (SSSR count). The van der Waals surface area contributed by atoms with Crippen molar-refractivity contribution in [2.75, 3.05) is 5.32 Å². The number of nitro groups is 1. The summed E-state index contributed by atoms with van der Waals surface area (Å²) in [4.78, 5) is 35.5. The molecule has 0 aliphatic rings. The molecule has 128 valence electrons. The van der Waals surface area contributed by atoms with Gasteiger partial charge in [-0.3, -0.25) is 25.2 Å². The van der Waals surface area contributed by atoms with Crippen LogP contribution in [0.2, 0.25) is 0 Å². The van der Waals surface area contributed by atoms with Crippen LogP contribution in [0.3, 0.4) is 0 Å². The molecule has 26 heavy (non-hydrogen) atoms. The number of anilines is 1. The molecule has 0 bridgehead atoms. The van der Waals surface area contributed by atoms with Gasteiger partial charge < -0.3 is 0 Å². The molecule has 1 amide bonds. The number of thiazole rings is 2. The van der Waals surface area contributed by atoms with Crippen molar-refractivity contribution in [3.05, 3.63) is 64.5 Å². The molecule has 0 aliphatic carbocycles. The Hall–Kier alpha value is -3.24. The van der Waals surface area contributed by atoms with Gasteiger partial charge in [-0.2, -0.15) is 0 Å². The Morgan fingerprint density at radius 2 is 1.96 bits per heavy atom. The topological polar surface area (TPSA) is 111 Å². The maximum absolute atomic E-state index is 12.6. The first-order chi connectivity index (χ1) is 12.6. The van der Waals surface area contributed by atoms with Crippen LogP contribution in [0.5, 0.6) is 0 Å². The third kappa shape index (κ3) is 3.03. The molecule has 3 heterocycles. The summed E-state index contributed by atoms with van der Waals surface area (Å²) in [5.41, 5.74) is 1.61. The van der Waals surface area contributed by atoms with E-state index in [9.17, 15) is 14.9 Å². The van der Waals surface area contributed by atoms with E-state index in [1.54, 1.807) is 18.3 Å². The summed E-state index contributed by atoms with van der Waals surface area (Å²) in [5, 5.41) is 14.0. The van der Waals surface area contributed by atoms with Crippen molar-refractivity contribution in [3.8, 4) is 10.7 Å². The lowest BCUT2D eigenvalue weighted by Gasteiger charge is -2.05. The Bertz CT molecular complexity index is 1100. The van der Waals surface area contributed by atoms with Crippen LogP contribution in [0.25, 0.3) is 20.9 Å². The molecule has 4 aromatic rings. The van der Waals surface area contributed by atoms with E-state index in [4.69, 9.17) is 0 Å². The van der Waals surface area contributed by atoms with Gasteiger partial charge >= 0.3 is 5.00 Å². The Balaban J connectivity index is 1.68. The molecule has 0 radical (unpaired) electrons. The van der Waals surface area contributed by atoms with Crippen LogP contribution in [-0.2, 0) is 0 Å². The third-order valence-electron chi connectivity index (χ3n) is 3.44. The molecule has 8 nitrogen and oxygen atoms in total. The molecule has 10 heteroatoms. The smallest absolute Gasteiger partial charge is 0.298 e. The van der Waals surface area contributed by atoms with E-state index in [0.29, 0.717) is 16.3 Å². The number of fused-ring (bicyclic) bond motifs is 1. The zero-order chi connectivity index (χ0) is 18.1. The van der Waals surface area contributed by atoms with Gasteiger partial charge in [0, 0.05) is 6.20 Å². The average molecular weight is 383 g/mol. The molecule has 0 saturated carbocycles. The molecule has 0 fully saturated rings. The number of carbonyl (C=O) groups is 1. The van der Waals surface area contributed by atoms with Crippen LogP contribution >= 0.6 is 22.7 Å². The summed E-state index contributed by atoms with van der Waals surface area (Å²) < 4.78 is 0.995. The highest BCUT2D eigenvalue weighted by molar-refractivity contribution is 7.21. The van der Waals surface area contributed by atoms with E-state index in [1.165, 1.54) is 11.3 Å². The van der Waals surface area contributed by atoms with Gasteiger partial charge in [-0.15, -0.1) is 11.3 Å². The van der Waals surface area contributed by atoms with Gasteiger partial charge in [0.25, 0.3) is 5.91 Å². The van der Waals surface area contributed by atoms with Gasteiger partial charge in [-0.1, -0.05) is 12.1 Å². The van der Waals surface area contributed by atoms with Gasteiger partial charge in [0.15, 0.2) is 5.13 Å². The fraction of sp³-hybridized carbons (Fsp3) is 0. The number of rotatable bonds is 4. The molecule has 0 unspecified atom stereocenters. The molecule has 0 spiro atoms. The van der Waals surface area contributed by atoms with E-state index in [-0.39, 0.29) is 10.1 Å². The number of carbonyl (C=O) groups excluding carboxylic acids is 1. The van der Waals surface area contributed by atoms with Crippen LogP contribution in [0.4, 0.5) is 10.1 Å². The van der Waals surface area contributed by atoms with Gasteiger partial charge in [0.1, 0.15) is 16.9 Å². The number of aromatic nitrogens is 3. The van der Waals surface area contributed by atoms with Gasteiger partial charge in [0.05, 0.1) is 20.7 Å². The molecule has 0 aliphatic heterocycles. The number of hydrogen-bond acceptors (Lipinski definition) is 8. The Kier molecular flexibility index (Phi) is 4.11. The number of para-hydroxylation sites is 1. The normalized spacial score (nSPS) is 10.8. The molecule has 3 aromatic heterocycles. The number of nitrogens with zero attached hydrogens (tertiary/aromatic N) is 4. The van der Waals surface area contributed by atoms with Crippen molar-refractivity contribution in [1.82, 2.24) is 15.0 Å². The second-order valence-electron chi connectivity index (χ2n) is 5.10. The number of pyridine rings is 1. The molecule has 1 aromatic carbocycles. The molecular weight excluding hydrogens is 374 g/mol. The van der Waals surface area contributed by atoms with Crippen molar-refractivity contribution in [2.45, 2.75) is 0 Å². The fourth-order valence-electron chi connectivity index (χ4n) is 2.30. The summed E-state index contributed by atoms with van der Waals surface area (Å²) in [6.07, 6.45) is 2.70. The molecule has 0 atom stereocenters. The van der Waals surface area contributed by atoms with Crippen LogP contribution in [0.1, 0.15) is 10.4 Å². The van der Waals surface area contributed by atoms with Crippen LogP contribution in [0, 0.1) is 10.1 Å². The van der Waals surface area contributed by atoms with Crippen LogP contribution in [-0.4, -0.2) is 25.8 Å². The minimum atomic E-state index is -0.552. The number of hydrogen-bond donors (Lipinski definition) is 1. The quantitative estimate of drug-likeness (QED) is 0.421. The minimum Gasteiger partial charge on any atom is -0.298 e. The summed E-state index contributed by atoms with van der Waals surface area (Å²) in [7, 11) is 0. The lowest BCUT2D eigenvalue weighted by Crippen LogP contribution is -2.13. The zero-order valence-corrected chi connectivity index (χ0v) is 14.6. The lowest BCUT2D eigenvalue weighted by molar-refractivity contribution is -0.380. The van der Waals surface area contributed by atoms with Crippen molar-refractivity contribution < 1.29 is 9.72 Å². The predicted octanol–water partition coefficient (Wildman–Crippen LogP) is 3.98. The predicted molar refractivity (Wildman–Crippen MR) is 99.6 cm³/mol. The first-order valence-electron chi connectivity index (χ1n) is 7.34. The van der Waals surface area contributed by atoms with Crippen molar-refractivity contribution in [2.24, 2.45) is 0 Å². The van der Waals surface area contributed by atoms with E-state index in [0.717, 1.165) is 27.8 Å². The van der Waals surface area contributed by atoms with Crippen LogP contribution < -0.4 is 5.32 Å². The minimum absolute atomic E-state index is 0.141. The average Bonchev–Trinajstić information content (AvgIpc) is 3.28. The number of amides is 1. The van der Waals surface area contributed by atoms with Gasteiger partial charge in [-0.25, -0.2) is 9.97 Å². The van der Waals surface area contributed by atoms with Crippen LogP contribution in [0.15, 0.2) is 48.8 Å². The van der Waals surface area contributed by atoms with E-state index >= 15 is 0 Å². The highest BCUT2D eigenvalue weighted by Gasteiger charge is 2.19. The fourth-order valence-corrected chi connectivity index (χ4v) is 3.91. The first-order valence-corrected chi connectivity index (χ1v) is 8.97. The highest BCUT2D eigenvalue weighted by Crippen LogP contribution is 2.31. The third-order valence-corrected chi connectivity index (χ3v) is 5.35.